The summed E-state index contributed by atoms with van der Waals surface area (Å²) < 4.78 is 17.7. The molecule has 21 heavy (non-hydrogen) atoms. The molecule has 0 aromatic rings. The molecule has 2 saturated carbocycles. The zero-order valence-electron chi connectivity index (χ0n) is 12.8. The Hall–Kier alpha value is -0.390. The zero-order chi connectivity index (χ0) is 15.3. The maximum atomic E-state index is 11.5. The van der Waals surface area contributed by atoms with E-state index in [9.17, 15) is 4.79 Å². The number of allylic oxidation sites excluding steroid dienone is 1. The Morgan fingerprint density at radius 3 is 2.67 bits per heavy atom. The van der Waals surface area contributed by atoms with Gasteiger partial charge in [0.2, 0.25) is 0 Å². The minimum absolute atomic E-state index is 0.156. The molecule has 1 saturated heterocycles. The van der Waals surface area contributed by atoms with E-state index in [4.69, 9.17) is 14.2 Å². The predicted octanol–water partition coefficient (Wildman–Crippen LogP) is 3.05. The summed E-state index contributed by atoms with van der Waals surface area (Å²) in [7, 11) is 0. The summed E-state index contributed by atoms with van der Waals surface area (Å²) in [6.45, 7) is 6.97. The molecule has 0 N–H and O–H groups in total. The Morgan fingerprint density at radius 2 is 2.10 bits per heavy atom. The molecule has 0 aromatic heterocycles. The van der Waals surface area contributed by atoms with Crippen molar-refractivity contribution in [2.75, 3.05) is 13.2 Å². The molecule has 3 aliphatic rings. The first-order valence-electron chi connectivity index (χ1n) is 7.66. The largest absolute Gasteiger partial charge is 0.458 e. The fraction of sp³-hybridized carbons (Fsp3) is 0.812. The molecule has 2 bridgehead atoms. The Kier molecular flexibility index (Phi) is 3.95. The van der Waals surface area contributed by atoms with Crippen molar-refractivity contribution in [2.24, 2.45) is 17.3 Å². The lowest BCUT2D eigenvalue weighted by atomic mass is 9.73. The molecule has 1 spiro atoms. The van der Waals surface area contributed by atoms with E-state index in [1.54, 1.807) is 0 Å². The van der Waals surface area contributed by atoms with Crippen molar-refractivity contribution >= 4 is 21.9 Å². The van der Waals surface area contributed by atoms with E-state index in [-0.39, 0.29) is 23.4 Å². The number of carbonyl (C=O) groups excluding carboxylic acids is 1. The molecule has 0 amide bonds. The molecule has 5 heteroatoms. The van der Waals surface area contributed by atoms with Crippen LogP contribution in [-0.4, -0.2) is 35.9 Å². The lowest BCUT2D eigenvalue weighted by molar-refractivity contribution is -0.203. The average molecular weight is 359 g/mol. The van der Waals surface area contributed by atoms with Gasteiger partial charge in [-0.2, -0.15) is 0 Å². The maximum absolute atomic E-state index is 11.5. The average Bonchev–Trinajstić information content (AvgIpc) is 3.04. The fourth-order valence-electron chi connectivity index (χ4n) is 4.67. The van der Waals surface area contributed by atoms with Crippen LogP contribution < -0.4 is 0 Å². The van der Waals surface area contributed by atoms with Crippen LogP contribution in [0.3, 0.4) is 0 Å². The fourth-order valence-corrected chi connectivity index (χ4v) is 5.80. The Balaban J connectivity index is 1.96. The van der Waals surface area contributed by atoms with Gasteiger partial charge in [-0.05, 0) is 25.3 Å². The monoisotopic (exact) mass is 358 g/mol. The summed E-state index contributed by atoms with van der Waals surface area (Å²) in [4.78, 5) is 12.0. The molecule has 0 radical (unpaired) electrons. The van der Waals surface area contributed by atoms with E-state index in [0.717, 1.165) is 12.8 Å². The third-order valence-electron chi connectivity index (χ3n) is 5.53. The third-order valence-corrected chi connectivity index (χ3v) is 6.54. The van der Waals surface area contributed by atoms with Gasteiger partial charge in [0.15, 0.2) is 5.79 Å². The van der Waals surface area contributed by atoms with Crippen LogP contribution >= 0.6 is 15.9 Å². The Bertz CT molecular complexity index is 457. The van der Waals surface area contributed by atoms with Gasteiger partial charge in [0.1, 0.15) is 6.10 Å². The number of esters is 1. The number of carbonyl (C=O) groups is 1. The van der Waals surface area contributed by atoms with Gasteiger partial charge in [0.05, 0.1) is 13.2 Å². The summed E-state index contributed by atoms with van der Waals surface area (Å²) >= 11 is 3.81. The molecule has 0 unspecified atom stereocenters. The third kappa shape index (κ3) is 2.20. The molecule has 1 aliphatic heterocycles. The van der Waals surface area contributed by atoms with Crippen LogP contribution in [0.25, 0.3) is 0 Å². The van der Waals surface area contributed by atoms with Gasteiger partial charge in [-0.3, -0.25) is 4.79 Å². The number of fused-ring (bicyclic) bond motifs is 3. The van der Waals surface area contributed by atoms with E-state index in [1.165, 1.54) is 6.92 Å². The first-order valence-corrected chi connectivity index (χ1v) is 8.57. The van der Waals surface area contributed by atoms with Crippen LogP contribution in [0.1, 0.15) is 33.6 Å². The van der Waals surface area contributed by atoms with Crippen molar-refractivity contribution in [3.8, 4) is 0 Å². The Morgan fingerprint density at radius 1 is 1.43 bits per heavy atom. The van der Waals surface area contributed by atoms with E-state index < -0.39 is 5.79 Å². The van der Waals surface area contributed by atoms with Gasteiger partial charge in [-0.15, -0.1) is 0 Å². The summed E-state index contributed by atoms with van der Waals surface area (Å²) in [5.74, 6) is -0.0911. The van der Waals surface area contributed by atoms with Gasteiger partial charge >= 0.3 is 5.97 Å². The highest BCUT2D eigenvalue weighted by atomic mass is 79.9. The number of hydrogen-bond donors (Lipinski definition) is 0. The summed E-state index contributed by atoms with van der Waals surface area (Å²) in [6.07, 6.45) is 5.60. The summed E-state index contributed by atoms with van der Waals surface area (Å²) in [5, 5.41) is 0. The second kappa shape index (κ2) is 5.36. The number of rotatable bonds is 3. The van der Waals surface area contributed by atoms with Gasteiger partial charge in [0, 0.05) is 29.5 Å². The molecule has 0 aromatic carbocycles. The molecular weight excluding hydrogens is 336 g/mol. The van der Waals surface area contributed by atoms with Gasteiger partial charge in [-0.25, -0.2) is 0 Å². The number of hydrogen-bond acceptors (Lipinski definition) is 4. The summed E-state index contributed by atoms with van der Waals surface area (Å²) in [6, 6.07) is 0. The van der Waals surface area contributed by atoms with E-state index in [2.05, 4.69) is 22.9 Å². The van der Waals surface area contributed by atoms with Crippen LogP contribution in [-0.2, 0) is 19.0 Å². The SMILES string of the molecule is C/C=C\[C@@H](OC(C)=O)[C@]1(C)[C@H]2CC3(OCCO3)[C@@H]1C[C@H]2Br. The minimum atomic E-state index is -0.469. The van der Waals surface area contributed by atoms with Crippen molar-refractivity contribution in [3.05, 3.63) is 12.2 Å². The molecule has 5 atom stereocenters. The highest BCUT2D eigenvalue weighted by Crippen LogP contribution is 2.67. The first kappa shape index (κ1) is 15.5. The van der Waals surface area contributed by atoms with Crippen LogP contribution in [0.5, 0.6) is 0 Å². The molecule has 3 rings (SSSR count). The molecule has 3 fully saturated rings. The second-order valence-electron chi connectivity index (χ2n) is 6.55. The van der Waals surface area contributed by atoms with Gasteiger partial charge < -0.3 is 14.2 Å². The van der Waals surface area contributed by atoms with Crippen LogP contribution in [0, 0.1) is 17.3 Å². The zero-order valence-corrected chi connectivity index (χ0v) is 14.4. The van der Waals surface area contributed by atoms with Crippen molar-refractivity contribution in [1.29, 1.82) is 0 Å². The van der Waals surface area contributed by atoms with E-state index in [0.29, 0.717) is 24.0 Å². The standard InChI is InChI=1S/C16H23BrO4/c1-4-5-14(21-10(2)18)15(3)11-9-16(19-6-7-20-16)13(15)8-12(11)17/h4-5,11-14H,6-9H2,1-3H3/b5-4-/t11-,12+,13+,14+,15+/m0/s1. The van der Waals surface area contributed by atoms with E-state index >= 15 is 0 Å². The van der Waals surface area contributed by atoms with Gasteiger partial charge in [0.25, 0.3) is 0 Å². The maximum Gasteiger partial charge on any atom is 0.303 e. The highest BCUT2D eigenvalue weighted by molar-refractivity contribution is 9.09. The predicted molar refractivity (Wildman–Crippen MR) is 82.0 cm³/mol. The molecule has 4 nitrogen and oxygen atoms in total. The number of halogens is 1. The lowest BCUT2D eigenvalue weighted by Crippen LogP contribution is -2.44. The highest BCUT2D eigenvalue weighted by Gasteiger charge is 2.71. The normalized spacial score (nSPS) is 42.0. The topological polar surface area (TPSA) is 44.8 Å². The summed E-state index contributed by atoms with van der Waals surface area (Å²) in [5.41, 5.74) is -0.156. The number of alkyl halides is 1. The molecule has 1 heterocycles. The Labute approximate surface area is 134 Å². The van der Waals surface area contributed by atoms with Crippen molar-refractivity contribution in [3.63, 3.8) is 0 Å². The minimum Gasteiger partial charge on any atom is -0.458 e. The van der Waals surface area contributed by atoms with Crippen LogP contribution in [0.2, 0.25) is 0 Å². The van der Waals surface area contributed by atoms with Crippen molar-refractivity contribution in [1.82, 2.24) is 0 Å². The molecule has 2 aliphatic carbocycles. The van der Waals surface area contributed by atoms with Gasteiger partial charge in [-0.1, -0.05) is 28.9 Å². The molecule has 118 valence electrons. The van der Waals surface area contributed by atoms with Crippen molar-refractivity contribution < 1.29 is 19.0 Å². The van der Waals surface area contributed by atoms with Crippen molar-refractivity contribution in [2.45, 2.75) is 50.3 Å². The quantitative estimate of drug-likeness (QED) is 0.441. The lowest BCUT2D eigenvalue weighted by Gasteiger charge is -2.38. The number of ether oxygens (including phenoxy) is 3. The van der Waals surface area contributed by atoms with Crippen LogP contribution in [0.15, 0.2) is 12.2 Å². The second-order valence-corrected chi connectivity index (χ2v) is 7.72. The van der Waals surface area contributed by atoms with E-state index in [1.807, 2.05) is 19.1 Å². The first-order chi connectivity index (χ1) is 9.94. The smallest absolute Gasteiger partial charge is 0.303 e. The van der Waals surface area contributed by atoms with Crippen LogP contribution in [0.4, 0.5) is 0 Å². The molecular formula is C16H23BrO4.